The van der Waals surface area contributed by atoms with Gasteiger partial charge in [-0.25, -0.2) is 0 Å². The van der Waals surface area contributed by atoms with E-state index < -0.39 is 0 Å². The summed E-state index contributed by atoms with van der Waals surface area (Å²) in [6, 6.07) is 0. The third-order valence-corrected chi connectivity index (χ3v) is 2.54. The first-order valence-corrected chi connectivity index (χ1v) is 5.22. The average Bonchev–Trinajstić information content (AvgIpc) is 2.52. The molecule has 1 aliphatic rings. The highest BCUT2D eigenvalue weighted by Gasteiger charge is 2.22. The first-order chi connectivity index (χ1) is 6.24. The quantitative estimate of drug-likeness (QED) is 0.657. The molecule has 0 spiro atoms. The van der Waals surface area contributed by atoms with Crippen molar-refractivity contribution < 1.29 is 4.79 Å². The molecule has 3 heteroatoms. The lowest BCUT2D eigenvalue weighted by atomic mass is 10.2. The topological polar surface area (TPSA) is 32.3 Å². The number of nitrogens with zero attached hydrogens (tertiary/aromatic N) is 1. The fourth-order valence-corrected chi connectivity index (χ4v) is 1.69. The molecule has 0 aromatic heterocycles. The van der Waals surface area contributed by atoms with Crippen LogP contribution in [0.4, 0.5) is 0 Å². The minimum Gasteiger partial charge on any atom is -0.342 e. The Balaban J connectivity index is 2.16. The van der Waals surface area contributed by atoms with Crippen molar-refractivity contribution in [2.45, 2.75) is 26.7 Å². The van der Waals surface area contributed by atoms with Gasteiger partial charge >= 0.3 is 0 Å². The van der Waals surface area contributed by atoms with Crippen molar-refractivity contribution in [1.82, 2.24) is 10.2 Å². The van der Waals surface area contributed by atoms with E-state index in [2.05, 4.69) is 19.2 Å². The molecule has 1 unspecified atom stereocenters. The molecule has 0 radical (unpaired) electrons. The number of carbonyl (C=O) groups excluding carboxylic acids is 1. The Kier molecular flexibility index (Phi) is 4.22. The van der Waals surface area contributed by atoms with E-state index >= 15 is 0 Å². The van der Waals surface area contributed by atoms with E-state index in [0.29, 0.717) is 18.2 Å². The molecule has 1 N–H and O–H groups in total. The van der Waals surface area contributed by atoms with E-state index in [1.807, 2.05) is 4.90 Å². The maximum Gasteiger partial charge on any atom is 0.223 e. The molecule has 0 aliphatic carbocycles. The lowest BCUT2D eigenvalue weighted by Crippen LogP contribution is -2.31. The summed E-state index contributed by atoms with van der Waals surface area (Å²) in [7, 11) is 0. The van der Waals surface area contributed by atoms with Crippen molar-refractivity contribution in [3.63, 3.8) is 0 Å². The number of nitrogens with one attached hydrogen (secondary N) is 1. The normalized spacial score (nSPS) is 22.3. The van der Waals surface area contributed by atoms with Gasteiger partial charge in [0, 0.05) is 26.1 Å². The molecular weight excluding hydrogens is 164 g/mol. The molecule has 13 heavy (non-hydrogen) atoms. The van der Waals surface area contributed by atoms with Crippen molar-refractivity contribution in [1.29, 1.82) is 0 Å². The molecule has 0 bridgehead atoms. The van der Waals surface area contributed by atoms with Crippen molar-refractivity contribution in [3.05, 3.63) is 0 Å². The number of likely N-dealkylation sites (tertiary alicyclic amines) is 1. The summed E-state index contributed by atoms with van der Waals surface area (Å²) in [4.78, 5) is 13.5. The van der Waals surface area contributed by atoms with Crippen molar-refractivity contribution >= 4 is 5.91 Å². The Morgan fingerprint density at radius 2 is 2.38 bits per heavy atom. The monoisotopic (exact) mass is 184 g/mol. The first kappa shape index (κ1) is 10.5. The lowest BCUT2D eigenvalue weighted by molar-refractivity contribution is -0.130. The first-order valence-electron chi connectivity index (χ1n) is 5.22. The van der Waals surface area contributed by atoms with Crippen LogP contribution >= 0.6 is 0 Å². The SMILES string of the molecule is CCNCCC(=O)N1CCC(C)C1. The molecule has 3 nitrogen and oxygen atoms in total. The van der Waals surface area contributed by atoms with E-state index in [1.54, 1.807) is 0 Å². The Morgan fingerprint density at radius 1 is 1.62 bits per heavy atom. The fourth-order valence-electron chi connectivity index (χ4n) is 1.69. The molecule has 1 saturated heterocycles. The third-order valence-electron chi connectivity index (χ3n) is 2.54. The minimum atomic E-state index is 0.310. The van der Waals surface area contributed by atoms with Gasteiger partial charge in [0.05, 0.1) is 0 Å². The second-order valence-electron chi connectivity index (χ2n) is 3.84. The molecule has 0 aromatic carbocycles. The van der Waals surface area contributed by atoms with Crippen LogP contribution in [0.25, 0.3) is 0 Å². The van der Waals surface area contributed by atoms with Crippen LogP contribution in [-0.4, -0.2) is 37.0 Å². The molecule has 1 aliphatic heterocycles. The van der Waals surface area contributed by atoms with Crippen LogP contribution < -0.4 is 5.32 Å². The van der Waals surface area contributed by atoms with Crippen LogP contribution in [0.2, 0.25) is 0 Å². The van der Waals surface area contributed by atoms with Crippen LogP contribution in [-0.2, 0) is 4.79 Å². The van der Waals surface area contributed by atoms with Gasteiger partial charge in [-0.15, -0.1) is 0 Å². The fraction of sp³-hybridized carbons (Fsp3) is 0.900. The molecule has 1 fully saturated rings. The highest BCUT2D eigenvalue weighted by Crippen LogP contribution is 2.15. The number of carbonyl (C=O) groups is 1. The minimum absolute atomic E-state index is 0.310. The van der Waals surface area contributed by atoms with Gasteiger partial charge in [0.2, 0.25) is 5.91 Å². The van der Waals surface area contributed by atoms with E-state index in [0.717, 1.165) is 26.2 Å². The van der Waals surface area contributed by atoms with Gasteiger partial charge in [-0.05, 0) is 18.9 Å². The molecule has 0 saturated carbocycles. The maximum absolute atomic E-state index is 11.6. The summed E-state index contributed by atoms with van der Waals surface area (Å²) < 4.78 is 0. The van der Waals surface area contributed by atoms with Gasteiger partial charge < -0.3 is 10.2 Å². The van der Waals surface area contributed by atoms with E-state index in [9.17, 15) is 4.79 Å². The van der Waals surface area contributed by atoms with Crippen LogP contribution in [0.5, 0.6) is 0 Å². The van der Waals surface area contributed by atoms with Gasteiger partial charge in [-0.1, -0.05) is 13.8 Å². The average molecular weight is 184 g/mol. The van der Waals surface area contributed by atoms with Gasteiger partial charge in [0.25, 0.3) is 0 Å². The summed E-state index contributed by atoms with van der Waals surface area (Å²) in [5.41, 5.74) is 0. The predicted octanol–water partition coefficient (Wildman–Crippen LogP) is 0.854. The Hall–Kier alpha value is -0.570. The second-order valence-corrected chi connectivity index (χ2v) is 3.84. The lowest BCUT2D eigenvalue weighted by Gasteiger charge is -2.15. The molecule has 1 heterocycles. The maximum atomic E-state index is 11.6. The Labute approximate surface area is 80.5 Å². The summed E-state index contributed by atoms with van der Waals surface area (Å²) >= 11 is 0. The molecule has 0 aromatic rings. The summed E-state index contributed by atoms with van der Waals surface area (Å²) in [6.45, 7) is 7.96. The zero-order valence-corrected chi connectivity index (χ0v) is 8.68. The summed E-state index contributed by atoms with van der Waals surface area (Å²) in [5, 5.41) is 3.17. The molecule has 1 atom stereocenters. The second kappa shape index (κ2) is 5.22. The van der Waals surface area contributed by atoms with Crippen LogP contribution in [0.1, 0.15) is 26.7 Å². The van der Waals surface area contributed by atoms with Crippen LogP contribution in [0.3, 0.4) is 0 Å². The van der Waals surface area contributed by atoms with Crippen LogP contribution in [0, 0.1) is 5.92 Å². The molecule has 76 valence electrons. The smallest absolute Gasteiger partial charge is 0.223 e. The highest BCUT2D eigenvalue weighted by molar-refractivity contribution is 5.76. The van der Waals surface area contributed by atoms with E-state index in [4.69, 9.17) is 0 Å². The standard InChI is InChI=1S/C10H20N2O/c1-3-11-6-4-10(13)12-7-5-9(2)8-12/h9,11H,3-8H2,1-2H3. The summed E-state index contributed by atoms with van der Waals surface area (Å²) in [5.74, 6) is 1.01. The van der Waals surface area contributed by atoms with Gasteiger partial charge in [-0.2, -0.15) is 0 Å². The predicted molar refractivity (Wildman–Crippen MR) is 53.5 cm³/mol. The van der Waals surface area contributed by atoms with Crippen molar-refractivity contribution in [2.24, 2.45) is 5.92 Å². The van der Waals surface area contributed by atoms with Crippen molar-refractivity contribution in [2.75, 3.05) is 26.2 Å². The number of hydrogen-bond acceptors (Lipinski definition) is 2. The van der Waals surface area contributed by atoms with Gasteiger partial charge in [0.1, 0.15) is 0 Å². The van der Waals surface area contributed by atoms with Crippen molar-refractivity contribution in [3.8, 4) is 0 Å². The Bertz CT molecular complexity index is 170. The highest BCUT2D eigenvalue weighted by atomic mass is 16.2. The largest absolute Gasteiger partial charge is 0.342 e. The number of rotatable bonds is 4. The molecular formula is C10H20N2O. The van der Waals surface area contributed by atoms with Crippen LogP contribution in [0.15, 0.2) is 0 Å². The zero-order valence-electron chi connectivity index (χ0n) is 8.68. The van der Waals surface area contributed by atoms with Gasteiger partial charge in [0.15, 0.2) is 0 Å². The van der Waals surface area contributed by atoms with Gasteiger partial charge in [-0.3, -0.25) is 4.79 Å². The zero-order chi connectivity index (χ0) is 9.68. The Morgan fingerprint density at radius 3 is 2.92 bits per heavy atom. The third kappa shape index (κ3) is 3.35. The number of hydrogen-bond donors (Lipinski definition) is 1. The number of amides is 1. The van der Waals surface area contributed by atoms with E-state index in [1.165, 1.54) is 6.42 Å². The molecule has 1 amide bonds. The molecule has 1 rings (SSSR count). The van der Waals surface area contributed by atoms with E-state index in [-0.39, 0.29) is 0 Å². The summed E-state index contributed by atoms with van der Waals surface area (Å²) in [6.07, 6.45) is 1.83.